The lowest BCUT2D eigenvalue weighted by Crippen LogP contribution is -1.90. The van der Waals surface area contributed by atoms with Gasteiger partial charge in [-0.15, -0.1) is 22.7 Å². The quantitative estimate of drug-likeness (QED) is 0.175. The molecule has 0 unspecified atom stereocenters. The van der Waals surface area contributed by atoms with Crippen LogP contribution >= 0.6 is 22.7 Å². The molecular formula is C42H24S2. The Morgan fingerprint density at radius 3 is 1.34 bits per heavy atom. The smallest absolute Gasteiger partial charge is 0.0361 e. The predicted octanol–water partition coefficient (Wildman–Crippen LogP) is 13.2. The van der Waals surface area contributed by atoms with Gasteiger partial charge in [0.25, 0.3) is 0 Å². The van der Waals surface area contributed by atoms with Crippen LogP contribution in [0.1, 0.15) is 0 Å². The maximum Gasteiger partial charge on any atom is 0.0361 e. The third kappa shape index (κ3) is 3.50. The topological polar surface area (TPSA) is 0 Å². The SMILES string of the molecule is c1ccc(-c2c3ccccc3c(-c3ccc4sc5cc6cc7c(cc6cc5c4c3)sc3ccccc37)c3ccccc23)cc1. The summed E-state index contributed by atoms with van der Waals surface area (Å²) in [7, 11) is 0. The molecule has 0 aliphatic rings. The summed E-state index contributed by atoms with van der Waals surface area (Å²) in [6.45, 7) is 0. The third-order valence-electron chi connectivity index (χ3n) is 9.21. The summed E-state index contributed by atoms with van der Waals surface area (Å²) in [6.07, 6.45) is 0. The maximum absolute atomic E-state index is 2.44. The normalized spacial score (nSPS) is 12.1. The lowest BCUT2D eigenvalue weighted by Gasteiger charge is -2.17. The van der Waals surface area contributed by atoms with Crippen LogP contribution in [0.25, 0.3) is 94.9 Å². The molecule has 0 spiro atoms. The second-order valence-corrected chi connectivity index (χ2v) is 13.8. The van der Waals surface area contributed by atoms with Crippen molar-refractivity contribution in [2.45, 2.75) is 0 Å². The molecule has 2 aromatic heterocycles. The van der Waals surface area contributed by atoms with E-state index in [0.29, 0.717) is 0 Å². The summed E-state index contributed by atoms with van der Waals surface area (Å²) in [5, 5.41) is 13.2. The lowest BCUT2D eigenvalue weighted by molar-refractivity contribution is 1.66. The van der Waals surface area contributed by atoms with Crippen LogP contribution < -0.4 is 0 Å². The van der Waals surface area contributed by atoms with Gasteiger partial charge in [0, 0.05) is 40.3 Å². The molecular weight excluding hydrogens is 569 g/mol. The number of rotatable bonds is 2. The molecule has 44 heavy (non-hydrogen) atoms. The first kappa shape index (κ1) is 24.4. The molecule has 2 heteroatoms. The van der Waals surface area contributed by atoms with E-state index >= 15 is 0 Å². The van der Waals surface area contributed by atoms with Crippen LogP contribution in [0.5, 0.6) is 0 Å². The first-order valence-corrected chi connectivity index (χ1v) is 16.6. The molecule has 0 aliphatic carbocycles. The van der Waals surface area contributed by atoms with Crippen LogP contribution in [0, 0.1) is 0 Å². The van der Waals surface area contributed by atoms with Crippen molar-refractivity contribution < 1.29 is 0 Å². The summed E-state index contributed by atoms with van der Waals surface area (Å²) < 4.78 is 5.39. The number of hydrogen-bond acceptors (Lipinski definition) is 2. The van der Waals surface area contributed by atoms with E-state index in [0.717, 1.165) is 0 Å². The van der Waals surface area contributed by atoms with Crippen molar-refractivity contribution in [1.29, 1.82) is 0 Å². The Bertz CT molecular complexity index is 2700. The average Bonchev–Trinajstić information content (AvgIpc) is 3.62. The van der Waals surface area contributed by atoms with Gasteiger partial charge < -0.3 is 0 Å². The standard InChI is InChI=1S/C42H24S2/c1-2-10-25(11-3-1)41-30-13-4-6-15-32(30)42(33-16-7-5-14-31(33)41)26-18-19-38-35(20-26)36-22-28-23-39-34(21-27(28)24-40(36)44-38)29-12-8-9-17-37(29)43-39/h1-24H. The average molecular weight is 593 g/mol. The minimum absolute atomic E-state index is 1.25. The Morgan fingerprint density at radius 1 is 0.273 bits per heavy atom. The van der Waals surface area contributed by atoms with Crippen molar-refractivity contribution in [3.05, 3.63) is 146 Å². The third-order valence-corrected chi connectivity index (χ3v) is 11.5. The van der Waals surface area contributed by atoms with E-state index in [1.54, 1.807) is 0 Å². The van der Waals surface area contributed by atoms with Crippen LogP contribution in [0.3, 0.4) is 0 Å². The van der Waals surface area contributed by atoms with Gasteiger partial charge in [0.15, 0.2) is 0 Å². The summed E-state index contributed by atoms with van der Waals surface area (Å²) in [5.74, 6) is 0. The van der Waals surface area contributed by atoms with Crippen molar-refractivity contribution in [1.82, 2.24) is 0 Å². The van der Waals surface area contributed by atoms with E-state index in [2.05, 4.69) is 146 Å². The molecule has 0 bridgehead atoms. The van der Waals surface area contributed by atoms with E-state index in [4.69, 9.17) is 0 Å². The zero-order valence-corrected chi connectivity index (χ0v) is 25.3. The van der Waals surface area contributed by atoms with Crippen molar-refractivity contribution in [3.63, 3.8) is 0 Å². The zero-order valence-electron chi connectivity index (χ0n) is 23.7. The van der Waals surface area contributed by atoms with E-state index in [9.17, 15) is 0 Å². The Balaban J connectivity index is 1.25. The molecule has 2 heterocycles. The highest BCUT2D eigenvalue weighted by molar-refractivity contribution is 7.26. The predicted molar refractivity (Wildman–Crippen MR) is 196 cm³/mol. The van der Waals surface area contributed by atoms with Gasteiger partial charge in [-0.2, -0.15) is 0 Å². The molecule has 204 valence electrons. The molecule has 0 amide bonds. The zero-order chi connectivity index (χ0) is 28.8. The van der Waals surface area contributed by atoms with Crippen LogP contribution in [-0.4, -0.2) is 0 Å². The van der Waals surface area contributed by atoms with Crippen LogP contribution in [-0.2, 0) is 0 Å². The second kappa shape index (κ2) is 9.24. The maximum atomic E-state index is 2.44. The van der Waals surface area contributed by atoms with Crippen molar-refractivity contribution in [2.24, 2.45) is 0 Å². The van der Waals surface area contributed by atoms with Gasteiger partial charge in [0.2, 0.25) is 0 Å². The summed E-state index contributed by atoms with van der Waals surface area (Å²) in [4.78, 5) is 0. The first-order valence-electron chi connectivity index (χ1n) is 15.0. The fourth-order valence-corrected chi connectivity index (χ4v) is 9.51. The largest absolute Gasteiger partial charge is 0.135 e. The molecule has 10 aromatic rings. The molecule has 0 aliphatic heterocycles. The van der Waals surface area contributed by atoms with Crippen LogP contribution in [0.4, 0.5) is 0 Å². The minimum Gasteiger partial charge on any atom is -0.135 e. The van der Waals surface area contributed by atoms with E-state index < -0.39 is 0 Å². The molecule has 0 radical (unpaired) electrons. The second-order valence-electron chi connectivity index (χ2n) is 11.7. The van der Waals surface area contributed by atoms with Gasteiger partial charge >= 0.3 is 0 Å². The van der Waals surface area contributed by atoms with Gasteiger partial charge in [-0.25, -0.2) is 0 Å². The summed E-state index contributed by atoms with van der Waals surface area (Å²) >= 11 is 3.79. The van der Waals surface area contributed by atoms with E-state index in [-0.39, 0.29) is 0 Å². The molecule has 0 saturated heterocycles. The fourth-order valence-electron chi connectivity index (χ4n) is 7.25. The molecule has 0 atom stereocenters. The van der Waals surface area contributed by atoms with Gasteiger partial charge in [-0.3, -0.25) is 0 Å². The highest BCUT2D eigenvalue weighted by atomic mass is 32.1. The monoisotopic (exact) mass is 592 g/mol. The van der Waals surface area contributed by atoms with Gasteiger partial charge in [-0.1, -0.05) is 103 Å². The Kier molecular flexibility index (Phi) is 5.13. The van der Waals surface area contributed by atoms with Crippen molar-refractivity contribution in [2.75, 3.05) is 0 Å². The lowest BCUT2D eigenvalue weighted by atomic mass is 9.86. The molecule has 0 N–H and O–H groups in total. The molecule has 0 saturated carbocycles. The first-order chi connectivity index (χ1) is 21.8. The number of fused-ring (bicyclic) bond motifs is 9. The van der Waals surface area contributed by atoms with Gasteiger partial charge in [0.05, 0.1) is 0 Å². The highest BCUT2D eigenvalue weighted by Gasteiger charge is 2.17. The summed E-state index contributed by atoms with van der Waals surface area (Å²) in [6, 6.07) is 54.2. The van der Waals surface area contributed by atoms with Crippen molar-refractivity contribution >= 4 is 95.3 Å². The number of benzene rings is 8. The number of thiophene rings is 2. The van der Waals surface area contributed by atoms with E-state index in [1.807, 2.05) is 22.7 Å². The Morgan fingerprint density at radius 2 is 0.727 bits per heavy atom. The fraction of sp³-hybridized carbons (Fsp3) is 0. The van der Waals surface area contributed by atoms with Crippen molar-refractivity contribution in [3.8, 4) is 22.3 Å². The van der Waals surface area contributed by atoms with Crippen LogP contribution in [0.15, 0.2) is 146 Å². The minimum atomic E-state index is 1.25. The Labute approximate surface area is 262 Å². The molecule has 8 aromatic carbocycles. The molecule has 0 nitrogen and oxygen atoms in total. The van der Waals surface area contributed by atoms with E-state index in [1.165, 1.54) is 94.9 Å². The van der Waals surface area contributed by atoms with Gasteiger partial charge in [0.1, 0.15) is 0 Å². The molecule has 0 fully saturated rings. The van der Waals surface area contributed by atoms with Gasteiger partial charge in [-0.05, 0) is 97.0 Å². The molecule has 10 rings (SSSR count). The summed E-state index contributed by atoms with van der Waals surface area (Å²) in [5.41, 5.74) is 5.14. The van der Waals surface area contributed by atoms with Crippen LogP contribution in [0.2, 0.25) is 0 Å². The highest BCUT2D eigenvalue weighted by Crippen LogP contribution is 2.46. The number of hydrogen-bond donors (Lipinski definition) is 0. The Hall–Kier alpha value is -5.02.